The van der Waals surface area contributed by atoms with Gasteiger partial charge in [-0.2, -0.15) is 0 Å². The lowest BCUT2D eigenvalue weighted by atomic mass is 10.2. The maximum atomic E-state index is 5.94. The Labute approximate surface area is 128 Å². The predicted molar refractivity (Wildman–Crippen MR) is 83.9 cm³/mol. The Hall–Kier alpha value is -1.81. The van der Waals surface area contributed by atoms with E-state index in [4.69, 9.17) is 21.0 Å². The summed E-state index contributed by atoms with van der Waals surface area (Å²) in [5, 5.41) is 0. The number of alkyl halides is 1. The molecular formula is C16H18ClN3O. The van der Waals surface area contributed by atoms with Crippen LogP contribution in [0.1, 0.15) is 36.0 Å². The number of para-hydroxylation sites is 1. The van der Waals surface area contributed by atoms with Crippen LogP contribution in [0.2, 0.25) is 0 Å². The number of hydrogen-bond donors (Lipinski definition) is 0. The maximum Gasteiger partial charge on any atom is 0.217 e. The Balaban J connectivity index is 2.21. The first-order valence-corrected chi connectivity index (χ1v) is 7.60. The summed E-state index contributed by atoms with van der Waals surface area (Å²) in [6.07, 6.45) is 2.47. The van der Waals surface area contributed by atoms with Crippen LogP contribution < -0.4 is 0 Å². The van der Waals surface area contributed by atoms with Gasteiger partial charge in [-0.25, -0.2) is 9.97 Å². The average Bonchev–Trinajstić information content (AvgIpc) is 3.03. The number of nitrogens with zero attached hydrogens (tertiary/aromatic N) is 3. The quantitative estimate of drug-likeness (QED) is 0.683. The molecule has 0 saturated heterocycles. The number of aromatic nitrogens is 3. The van der Waals surface area contributed by atoms with Crippen LogP contribution in [0.4, 0.5) is 0 Å². The Morgan fingerprint density at radius 1 is 1.33 bits per heavy atom. The zero-order chi connectivity index (χ0) is 15.0. The molecule has 0 aliphatic rings. The van der Waals surface area contributed by atoms with Gasteiger partial charge in [-0.05, 0) is 32.4 Å². The number of halogens is 1. The number of imidazole rings is 1. The summed E-state index contributed by atoms with van der Waals surface area (Å²) in [7, 11) is 0. The first-order valence-electron chi connectivity index (χ1n) is 7.06. The van der Waals surface area contributed by atoms with E-state index in [9.17, 15) is 0 Å². The van der Waals surface area contributed by atoms with E-state index in [1.54, 1.807) is 6.20 Å². The van der Waals surface area contributed by atoms with E-state index in [1.807, 2.05) is 19.1 Å². The fourth-order valence-electron chi connectivity index (χ4n) is 2.72. The largest absolute Gasteiger partial charge is 0.444 e. The smallest absolute Gasteiger partial charge is 0.217 e. The number of fused-ring (bicyclic) bond motifs is 1. The first kappa shape index (κ1) is 14.1. The minimum atomic E-state index is -0.0111. The van der Waals surface area contributed by atoms with Crippen molar-refractivity contribution >= 4 is 22.6 Å². The number of rotatable bonds is 4. The second kappa shape index (κ2) is 5.53. The average molecular weight is 304 g/mol. The minimum absolute atomic E-state index is 0.0111. The molecule has 2 heterocycles. The third-order valence-electron chi connectivity index (χ3n) is 3.69. The SMILES string of the molecule is Cc1cnc(C(C)n2c(CCCl)nc3cccc(C)c32)o1. The molecule has 4 nitrogen and oxygen atoms in total. The van der Waals surface area contributed by atoms with Gasteiger partial charge in [0.15, 0.2) is 0 Å². The summed E-state index contributed by atoms with van der Waals surface area (Å²) in [5.74, 6) is 3.03. The normalized spacial score (nSPS) is 13.0. The highest BCUT2D eigenvalue weighted by atomic mass is 35.5. The summed E-state index contributed by atoms with van der Waals surface area (Å²) in [6, 6.07) is 6.14. The molecule has 1 aromatic carbocycles. The van der Waals surface area contributed by atoms with Crippen molar-refractivity contribution in [3.05, 3.63) is 47.4 Å². The fourth-order valence-corrected chi connectivity index (χ4v) is 2.89. The van der Waals surface area contributed by atoms with Crippen LogP contribution >= 0.6 is 11.6 Å². The van der Waals surface area contributed by atoms with Gasteiger partial charge in [-0.3, -0.25) is 0 Å². The zero-order valence-corrected chi connectivity index (χ0v) is 13.2. The fraction of sp³-hybridized carbons (Fsp3) is 0.375. The van der Waals surface area contributed by atoms with Gasteiger partial charge in [-0.15, -0.1) is 11.6 Å². The van der Waals surface area contributed by atoms with Crippen LogP contribution in [0, 0.1) is 13.8 Å². The van der Waals surface area contributed by atoms with Gasteiger partial charge < -0.3 is 8.98 Å². The van der Waals surface area contributed by atoms with Crippen LogP contribution in [0.15, 0.2) is 28.8 Å². The van der Waals surface area contributed by atoms with Crippen molar-refractivity contribution in [2.24, 2.45) is 0 Å². The predicted octanol–water partition coefficient (Wildman–Crippen LogP) is 4.03. The Kier molecular flexibility index (Phi) is 3.72. The number of oxazole rings is 1. The maximum absolute atomic E-state index is 5.94. The summed E-state index contributed by atoms with van der Waals surface area (Å²) in [5.41, 5.74) is 3.31. The lowest BCUT2D eigenvalue weighted by Gasteiger charge is -2.15. The Morgan fingerprint density at radius 2 is 2.14 bits per heavy atom. The van der Waals surface area contributed by atoms with Crippen LogP contribution in [-0.4, -0.2) is 20.4 Å². The second-order valence-electron chi connectivity index (χ2n) is 5.26. The molecule has 3 rings (SSSR count). The molecule has 2 aromatic heterocycles. The van der Waals surface area contributed by atoms with Gasteiger partial charge >= 0.3 is 0 Å². The zero-order valence-electron chi connectivity index (χ0n) is 12.4. The summed E-state index contributed by atoms with van der Waals surface area (Å²) >= 11 is 5.94. The standard InChI is InChI=1S/C16H18ClN3O/c1-10-5-4-6-13-15(10)20(14(19-13)7-8-17)12(3)16-18-9-11(2)21-16/h4-6,9,12H,7-8H2,1-3H3. The molecule has 0 bridgehead atoms. The molecule has 0 fully saturated rings. The molecule has 0 aliphatic heterocycles. The van der Waals surface area contributed by atoms with Crippen molar-refractivity contribution in [3.63, 3.8) is 0 Å². The van der Waals surface area contributed by atoms with Crippen molar-refractivity contribution in [3.8, 4) is 0 Å². The van der Waals surface area contributed by atoms with Crippen molar-refractivity contribution in [2.75, 3.05) is 5.88 Å². The molecule has 0 aliphatic carbocycles. The van der Waals surface area contributed by atoms with E-state index in [1.165, 1.54) is 5.56 Å². The van der Waals surface area contributed by atoms with Gasteiger partial charge in [0.25, 0.3) is 0 Å². The topological polar surface area (TPSA) is 43.9 Å². The van der Waals surface area contributed by atoms with Crippen molar-refractivity contribution in [1.82, 2.24) is 14.5 Å². The van der Waals surface area contributed by atoms with Crippen LogP contribution in [0.5, 0.6) is 0 Å². The Bertz CT molecular complexity index is 775. The molecule has 0 saturated carbocycles. The summed E-state index contributed by atoms with van der Waals surface area (Å²) in [4.78, 5) is 9.09. The van der Waals surface area contributed by atoms with Gasteiger partial charge in [0.1, 0.15) is 17.6 Å². The number of benzene rings is 1. The van der Waals surface area contributed by atoms with Crippen molar-refractivity contribution in [2.45, 2.75) is 33.2 Å². The van der Waals surface area contributed by atoms with Gasteiger partial charge in [-0.1, -0.05) is 12.1 Å². The van der Waals surface area contributed by atoms with Gasteiger partial charge in [0.05, 0.1) is 17.2 Å². The molecule has 5 heteroatoms. The van der Waals surface area contributed by atoms with Crippen LogP contribution in [0.25, 0.3) is 11.0 Å². The summed E-state index contributed by atoms with van der Waals surface area (Å²) < 4.78 is 7.89. The molecule has 3 aromatic rings. The molecule has 1 unspecified atom stereocenters. The first-order chi connectivity index (χ1) is 10.1. The van der Waals surface area contributed by atoms with E-state index in [2.05, 4.69) is 29.5 Å². The van der Waals surface area contributed by atoms with E-state index >= 15 is 0 Å². The van der Waals surface area contributed by atoms with Crippen LogP contribution in [0.3, 0.4) is 0 Å². The second-order valence-corrected chi connectivity index (χ2v) is 5.64. The lowest BCUT2D eigenvalue weighted by Crippen LogP contribution is -2.12. The van der Waals surface area contributed by atoms with Gasteiger partial charge in [0.2, 0.25) is 5.89 Å². The number of hydrogen-bond acceptors (Lipinski definition) is 3. The highest BCUT2D eigenvalue weighted by molar-refractivity contribution is 6.17. The van der Waals surface area contributed by atoms with E-state index in [0.29, 0.717) is 11.8 Å². The molecule has 0 amide bonds. The minimum Gasteiger partial charge on any atom is -0.444 e. The molecular weight excluding hydrogens is 286 g/mol. The summed E-state index contributed by atoms with van der Waals surface area (Å²) in [6.45, 7) is 6.08. The van der Waals surface area contributed by atoms with E-state index < -0.39 is 0 Å². The van der Waals surface area contributed by atoms with Crippen molar-refractivity contribution < 1.29 is 4.42 Å². The molecule has 21 heavy (non-hydrogen) atoms. The third kappa shape index (κ3) is 2.44. The lowest BCUT2D eigenvalue weighted by molar-refractivity contribution is 0.414. The molecule has 110 valence electrons. The monoisotopic (exact) mass is 303 g/mol. The third-order valence-corrected chi connectivity index (χ3v) is 3.88. The highest BCUT2D eigenvalue weighted by Gasteiger charge is 2.21. The van der Waals surface area contributed by atoms with Gasteiger partial charge in [0, 0.05) is 12.3 Å². The van der Waals surface area contributed by atoms with E-state index in [-0.39, 0.29) is 6.04 Å². The van der Waals surface area contributed by atoms with E-state index in [0.717, 1.165) is 29.0 Å². The molecule has 1 atom stereocenters. The van der Waals surface area contributed by atoms with Crippen LogP contribution in [-0.2, 0) is 6.42 Å². The highest BCUT2D eigenvalue weighted by Crippen LogP contribution is 2.28. The number of aryl methyl sites for hydroxylation is 3. The molecule has 0 radical (unpaired) electrons. The molecule has 0 N–H and O–H groups in total. The molecule has 0 spiro atoms. The van der Waals surface area contributed by atoms with Crippen molar-refractivity contribution in [1.29, 1.82) is 0 Å². The Morgan fingerprint density at radius 3 is 2.81 bits per heavy atom.